The number of halogens is 1. The van der Waals surface area contributed by atoms with Crippen molar-refractivity contribution in [2.45, 2.75) is 19.4 Å². The fraction of sp³-hybridized carbons (Fsp3) is 0.316. The molecular formula is C19H21FN2O3. The summed E-state index contributed by atoms with van der Waals surface area (Å²) in [5, 5.41) is 12.6. The average Bonchev–Trinajstić information content (AvgIpc) is 2.63. The topological polar surface area (TPSA) is 61.8 Å². The maximum absolute atomic E-state index is 13.4. The van der Waals surface area contributed by atoms with E-state index < -0.39 is 11.9 Å². The molecule has 1 aliphatic heterocycles. The summed E-state index contributed by atoms with van der Waals surface area (Å²) in [7, 11) is 0. The molecule has 0 spiro atoms. The molecule has 0 aromatic heterocycles. The number of carbonyl (C=O) groups excluding carboxylic acids is 1. The molecule has 2 aromatic carbocycles. The Morgan fingerprint density at radius 2 is 2.16 bits per heavy atom. The van der Waals surface area contributed by atoms with E-state index in [9.17, 15) is 14.3 Å². The minimum atomic E-state index is -0.429. The van der Waals surface area contributed by atoms with E-state index in [1.807, 2.05) is 24.3 Å². The van der Waals surface area contributed by atoms with Gasteiger partial charge in [0.2, 0.25) is 0 Å². The summed E-state index contributed by atoms with van der Waals surface area (Å²) in [6, 6.07) is 11.0. The van der Waals surface area contributed by atoms with Gasteiger partial charge < -0.3 is 20.1 Å². The first-order chi connectivity index (χ1) is 12.1. The van der Waals surface area contributed by atoms with Gasteiger partial charge in [0.1, 0.15) is 11.6 Å². The van der Waals surface area contributed by atoms with Crippen molar-refractivity contribution in [3.05, 3.63) is 59.4 Å². The van der Waals surface area contributed by atoms with E-state index in [-0.39, 0.29) is 18.4 Å². The van der Waals surface area contributed by atoms with Crippen LogP contribution in [-0.4, -0.2) is 35.8 Å². The third kappa shape index (κ3) is 3.58. The second kappa shape index (κ2) is 7.53. The van der Waals surface area contributed by atoms with Gasteiger partial charge in [0.25, 0.3) is 0 Å². The van der Waals surface area contributed by atoms with Gasteiger partial charge in [-0.1, -0.05) is 24.3 Å². The van der Waals surface area contributed by atoms with Crippen LogP contribution in [0.15, 0.2) is 42.5 Å². The van der Waals surface area contributed by atoms with Crippen molar-refractivity contribution in [1.82, 2.24) is 4.90 Å². The Morgan fingerprint density at radius 1 is 1.36 bits per heavy atom. The number of hydrogen-bond donors (Lipinski definition) is 2. The van der Waals surface area contributed by atoms with Crippen LogP contribution in [0.4, 0.5) is 14.9 Å². The van der Waals surface area contributed by atoms with Crippen LogP contribution >= 0.6 is 0 Å². The van der Waals surface area contributed by atoms with Gasteiger partial charge in [0.05, 0.1) is 24.9 Å². The number of urea groups is 1. The second-order valence-corrected chi connectivity index (χ2v) is 5.84. The number of nitrogens with one attached hydrogen (secondary N) is 1. The number of aliphatic hydroxyl groups is 1. The first kappa shape index (κ1) is 17.2. The van der Waals surface area contributed by atoms with E-state index in [2.05, 4.69) is 5.32 Å². The Kier molecular flexibility index (Phi) is 5.19. The van der Waals surface area contributed by atoms with Gasteiger partial charge in [-0.15, -0.1) is 0 Å². The lowest BCUT2D eigenvalue weighted by atomic mass is 9.93. The van der Waals surface area contributed by atoms with Crippen molar-refractivity contribution in [3.63, 3.8) is 0 Å². The highest BCUT2D eigenvalue weighted by atomic mass is 19.1. The van der Waals surface area contributed by atoms with Crippen molar-refractivity contribution in [1.29, 1.82) is 0 Å². The lowest BCUT2D eigenvalue weighted by molar-refractivity contribution is 0.135. The molecule has 2 aromatic rings. The first-order valence-electron chi connectivity index (χ1n) is 8.32. The third-order valence-corrected chi connectivity index (χ3v) is 4.33. The van der Waals surface area contributed by atoms with Crippen LogP contribution in [0.3, 0.4) is 0 Å². The number of amides is 2. The maximum Gasteiger partial charge on any atom is 0.322 e. The first-order valence-corrected chi connectivity index (χ1v) is 8.32. The standard InChI is InChI=1S/C19H21FN2O3/c1-2-25-18-11-14(20)7-8-16(18)21-19(24)22-10-9-13-5-3-4-6-15(13)17(22)12-23/h3-8,11,17,23H,2,9-10,12H2,1H3,(H,21,24). The molecule has 0 fully saturated rings. The summed E-state index contributed by atoms with van der Waals surface area (Å²) in [5.74, 6) is -0.143. The molecule has 3 rings (SSSR count). The highest BCUT2D eigenvalue weighted by Crippen LogP contribution is 2.31. The zero-order valence-electron chi connectivity index (χ0n) is 14.0. The van der Waals surface area contributed by atoms with Crippen LogP contribution in [-0.2, 0) is 6.42 Å². The monoisotopic (exact) mass is 344 g/mol. The molecule has 0 radical (unpaired) electrons. The molecule has 6 heteroatoms. The van der Waals surface area contributed by atoms with E-state index in [0.29, 0.717) is 18.8 Å². The normalized spacial score (nSPS) is 16.3. The average molecular weight is 344 g/mol. The van der Waals surface area contributed by atoms with Crippen molar-refractivity contribution < 1.29 is 19.0 Å². The fourth-order valence-corrected chi connectivity index (χ4v) is 3.15. The minimum absolute atomic E-state index is 0.161. The predicted molar refractivity (Wildman–Crippen MR) is 93.3 cm³/mol. The Balaban J connectivity index is 1.82. The number of nitrogens with zero attached hydrogens (tertiary/aromatic N) is 1. The molecule has 2 N–H and O–H groups in total. The number of rotatable bonds is 4. The zero-order chi connectivity index (χ0) is 17.8. The molecule has 5 nitrogen and oxygen atoms in total. The lowest BCUT2D eigenvalue weighted by Crippen LogP contribution is -2.43. The van der Waals surface area contributed by atoms with Crippen LogP contribution in [0.1, 0.15) is 24.1 Å². The molecule has 0 saturated carbocycles. The highest BCUT2D eigenvalue weighted by molar-refractivity contribution is 5.91. The van der Waals surface area contributed by atoms with Crippen LogP contribution in [0.25, 0.3) is 0 Å². The summed E-state index contributed by atoms with van der Waals surface area (Å²) in [4.78, 5) is 14.3. The number of fused-ring (bicyclic) bond motifs is 1. The van der Waals surface area contributed by atoms with Gasteiger partial charge in [0, 0.05) is 12.6 Å². The number of ether oxygens (including phenoxy) is 1. The third-order valence-electron chi connectivity index (χ3n) is 4.33. The van der Waals surface area contributed by atoms with Gasteiger partial charge in [0.15, 0.2) is 0 Å². The SMILES string of the molecule is CCOc1cc(F)ccc1NC(=O)N1CCc2ccccc2C1CO. The van der Waals surface area contributed by atoms with Gasteiger partial charge in [-0.25, -0.2) is 9.18 Å². The second-order valence-electron chi connectivity index (χ2n) is 5.84. The Morgan fingerprint density at radius 3 is 2.92 bits per heavy atom. The summed E-state index contributed by atoms with van der Waals surface area (Å²) < 4.78 is 18.8. The molecule has 25 heavy (non-hydrogen) atoms. The van der Waals surface area contributed by atoms with E-state index in [4.69, 9.17) is 4.74 Å². The zero-order valence-corrected chi connectivity index (χ0v) is 14.0. The molecule has 132 valence electrons. The van der Waals surface area contributed by atoms with Crippen molar-refractivity contribution in [2.24, 2.45) is 0 Å². The summed E-state index contributed by atoms with van der Waals surface area (Å²) >= 11 is 0. The van der Waals surface area contributed by atoms with E-state index in [1.54, 1.807) is 11.8 Å². The smallest absolute Gasteiger partial charge is 0.322 e. The lowest BCUT2D eigenvalue weighted by Gasteiger charge is -2.36. The Hall–Kier alpha value is -2.60. The van der Waals surface area contributed by atoms with E-state index in [0.717, 1.165) is 17.5 Å². The van der Waals surface area contributed by atoms with Crippen molar-refractivity contribution in [2.75, 3.05) is 25.1 Å². The van der Waals surface area contributed by atoms with E-state index in [1.165, 1.54) is 18.2 Å². The number of hydrogen-bond acceptors (Lipinski definition) is 3. The number of aliphatic hydroxyl groups excluding tert-OH is 1. The molecule has 1 atom stereocenters. The number of benzene rings is 2. The minimum Gasteiger partial charge on any atom is -0.492 e. The van der Waals surface area contributed by atoms with Gasteiger partial charge in [-0.2, -0.15) is 0 Å². The fourth-order valence-electron chi connectivity index (χ4n) is 3.15. The number of anilines is 1. The number of carbonyl (C=O) groups is 1. The van der Waals surface area contributed by atoms with Crippen LogP contribution in [0, 0.1) is 5.82 Å². The van der Waals surface area contributed by atoms with Crippen LogP contribution in [0.5, 0.6) is 5.75 Å². The molecule has 0 aliphatic carbocycles. The molecule has 1 heterocycles. The quantitative estimate of drug-likeness (QED) is 0.894. The Labute approximate surface area is 146 Å². The summed E-state index contributed by atoms with van der Waals surface area (Å²) in [6.07, 6.45) is 0.724. The largest absolute Gasteiger partial charge is 0.492 e. The van der Waals surface area contributed by atoms with Crippen molar-refractivity contribution >= 4 is 11.7 Å². The molecule has 1 aliphatic rings. The van der Waals surface area contributed by atoms with E-state index >= 15 is 0 Å². The predicted octanol–water partition coefficient (Wildman–Crippen LogP) is 3.35. The molecule has 0 bridgehead atoms. The molecular weight excluding hydrogens is 323 g/mol. The molecule has 1 unspecified atom stereocenters. The maximum atomic E-state index is 13.4. The molecule has 0 saturated heterocycles. The Bertz CT molecular complexity index is 766. The summed E-state index contributed by atoms with van der Waals surface area (Å²) in [6.45, 7) is 2.49. The highest BCUT2D eigenvalue weighted by Gasteiger charge is 2.30. The van der Waals surface area contributed by atoms with Crippen LogP contribution < -0.4 is 10.1 Å². The van der Waals surface area contributed by atoms with Gasteiger partial charge in [-0.05, 0) is 36.6 Å². The van der Waals surface area contributed by atoms with Gasteiger partial charge >= 0.3 is 6.03 Å². The van der Waals surface area contributed by atoms with Crippen LogP contribution in [0.2, 0.25) is 0 Å². The van der Waals surface area contributed by atoms with Crippen molar-refractivity contribution in [3.8, 4) is 5.75 Å². The molecule has 2 amide bonds. The van der Waals surface area contributed by atoms with Gasteiger partial charge in [-0.3, -0.25) is 0 Å². The summed E-state index contributed by atoms with van der Waals surface area (Å²) in [5.41, 5.74) is 2.50.